The van der Waals surface area contributed by atoms with Crippen molar-refractivity contribution in [3.63, 3.8) is 0 Å². The Morgan fingerprint density at radius 1 is 1.07 bits per heavy atom. The number of nitrogens with zero attached hydrogens (tertiary/aromatic N) is 2. The third-order valence-corrected chi connectivity index (χ3v) is 5.27. The fourth-order valence-corrected chi connectivity index (χ4v) is 3.85. The Kier molecular flexibility index (Phi) is 4.35. The van der Waals surface area contributed by atoms with E-state index < -0.39 is 18.0 Å². The van der Waals surface area contributed by atoms with Crippen LogP contribution in [0.15, 0.2) is 71.3 Å². The predicted octanol–water partition coefficient (Wildman–Crippen LogP) is 3.21. The van der Waals surface area contributed by atoms with Crippen LogP contribution in [-0.4, -0.2) is 40.3 Å². The smallest absolute Gasteiger partial charge is 0.497 e. The second-order valence-electron chi connectivity index (χ2n) is 7.10. The summed E-state index contributed by atoms with van der Waals surface area (Å²) in [6.07, 6.45) is 0.641. The number of hydrogen-bond acceptors (Lipinski definition) is 5. The van der Waals surface area contributed by atoms with Crippen LogP contribution in [0.5, 0.6) is 11.5 Å². The molecule has 0 saturated heterocycles. The molecule has 0 spiro atoms. The largest absolute Gasteiger partial charge is 0.501 e. The highest BCUT2D eigenvalue weighted by Gasteiger charge is 2.53. The lowest BCUT2D eigenvalue weighted by Crippen LogP contribution is -2.57. The fraction of sp³-hybridized carbons (Fsp3) is 0.174. The first kappa shape index (κ1) is 18.2. The predicted molar refractivity (Wildman–Crippen MR) is 107 cm³/mol. The number of methoxy groups -OCH3 is 1. The van der Waals surface area contributed by atoms with Crippen LogP contribution in [0, 0.1) is 0 Å². The zero-order valence-electron chi connectivity index (χ0n) is 16.3. The molecule has 3 aromatic rings. The van der Waals surface area contributed by atoms with Crippen LogP contribution in [0.2, 0.25) is 0 Å². The van der Waals surface area contributed by atoms with Gasteiger partial charge in [0.15, 0.2) is 12.3 Å². The summed E-state index contributed by atoms with van der Waals surface area (Å²) in [5, 5.41) is 0. The number of amides is 3. The summed E-state index contributed by atoms with van der Waals surface area (Å²) >= 11 is 0. The molecule has 0 fully saturated rings. The van der Waals surface area contributed by atoms with E-state index in [2.05, 4.69) is 0 Å². The van der Waals surface area contributed by atoms with Crippen molar-refractivity contribution in [2.24, 2.45) is 0 Å². The van der Waals surface area contributed by atoms with Gasteiger partial charge in [0, 0.05) is 0 Å². The number of para-hydroxylation sites is 1. The monoisotopic (exact) mass is 403 g/mol. The van der Waals surface area contributed by atoms with Crippen LogP contribution < -0.4 is 9.47 Å². The van der Waals surface area contributed by atoms with Gasteiger partial charge >= 0.3 is 11.9 Å². The number of urea groups is 1. The van der Waals surface area contributed by atoms with Gasteiger partial charge in [-0.15, -0.1) is 4.90 Å². The molecule has 150 valence electrons. The SMILES string of the molecule is COc1cccc(C[N+]2=C3c4ccccc4OC3C(=O)N(Cc3ccco3)C2=O)c1. The molecule has 2 aliphatic rings. The molecule has 1 atom stereocenters. The minimum absolute atomic E-state index is 0.0444. The lowest BCUT2D eigenvalue weighted by atomic mass is 10.0. The number of imide groups is 1. The van der Waals surface area contributed by atoms with E-state index in [0.717, 1.165) is 11.1 Å². The van der Waals surface area contributed by atoms with Crippen molar-refractivity contribution in [2.45, 2.75) is 19.2 Å². The molecular weight excluding hydrogens is 384 g/mol. The Bertz CT molecular complexity index is 1170. The quantitative estimate of drug-likeness (QED) is 0.612. The van der Waals surface area contributed by atoms with E-state index in [1.807, 2.05) is 42.5 Å². The number of furan rings is 1. The maximum atomic E-state index is 13.5. The summed E-state index contributed by atoms with van der Waals surface area (Å²) in [5.74, 6) is 1.42. The van der Waals surface area contributed by atoms with E-state index in [9.17, 15) is 9.59 Å². The van der Waals surface area contributed by atoms with Crippen LogP contribution in [0.4, 0.5) is 4.79 Å². The molecule has 0 N–H and O–H groups in total. The fourth-order valence-electron chi connectivity index (χ4n) is 3.85. The molecule has 2 aliphatic heterocycles. The van der Waals surface area contributed by atoms with Crippen LogP contribution in [0.1, 0.15) is 16.9 Å². The molecule has 7 nitrogen and oxygen atoms in total. The third kappa shape index (κ3) is 2.95. The first-order valence-corrected chi connectivity index (χ1v) is 9.57. The molecule has 7 heteroatoms. The molecule has 0 saturated carbocycles. The maximum absolute atomic E-state index is 13.5. The average molecular weight is 403 g/mol. The van der Waals surface area contributed by atoms with Crippen LogP contribution in [0.25, 0.3) is 0 Å². The lowest BCUT2D eigenvalue weighted by molar-refractivity contribution is -0.457. The van der Waals surface area contributed by atoms with Gasteiger partial charge in [0.2, 0.25) is 0 Å². The van der Waals surface area contributed by atoms with Crippen LogP contribution in [0.3, 0.4) is 0 Å². The Balaban J connectivity index is 1.61. The minimum Gasteiger partial charge on any atom is -0.497 e. The van der Waals surface area contributed by atoms with Crippen LogP contribution >= 0.6 is 0 Å². The molecule has 3 amide bonds. The van der Waals surface area contributed by atoms with Gasteiger partial charge in [-0.1, -0.05) is 24.3 Å². The third-order valence-electron chi connectivity index (χ3n) is 5.27. The molecular formula is C23H19N2O5+. The summed E-state index contributed by atoms with van der Waals surface area (Å²) in [6, 6.07) is 17.9. The number of benzene rings is 2. The molecule has 30 heavy (non-hydrogen) atoms. The number of hydrogen-bond donors (Lipinski definition) is 0. The van der Waals surface area contributed by atoms with E-state index in [-0.39, 0.29) is 13.1 Å². The molecule has 3 heterocycles. The van der Waals surface area contributed by atoms with Crippen molar-refractivity contribution in [1.82, 2.24) is 4.90 Å². The topological polar surface area (TPSA) is 72.0 Å². The molecule has 0 radical (unpaired) electrons. The highest BCUT2D eigenvalue weighted by Crippen LogP contribution is 2.33. The van der Waals surface area contributed by atoms with Crippen molar-refractivity contribution in [1.29, 1.82) is 0 Å². The summed E-state index contributed by atoms with van der Waals surface area (Å²) < 4.78 is 18.2. The normalized spacial score (nSPS) is 17.6. The highest BCUT2D eigenvalue weighted by molar-refractivity contribution is 6.21. The van der Waals surface area contributed by atoms with Crippen molar-refractivity contribution in [2.75, 3.05) is 7.11 Å². The zero-order valence-corrected chi connectivity index (χ0v) is 16.3. The minimum atomic E-state index is -0.874. The van der Waals surface area contributed by atoms with Crippen molar-refractivity contribution < 1.29 is 28.1 Å². The van der Waals surface area contributed by atoms with Gasteiger partial charge in [0.05, 0.1) is 18.9 Å². The molecule has 2 aromatic carbocycles. The summed E-state index contributed by atoms with van der Waals surface area (Å²) in [7, 11) is 1.60. The van der Waals surface area contributed by atoms with Gasteiger partial charge in [-0.05, 0) is 42.0 Å². The molecule has 5 rings (SSSR count). The van der Waals surface area contributed by atoms with E-state index in [0.29, 0.717) is 23.0 Å². The number of carbonyl (C=O) groups is 2. The zero-order chi connectivity index (χ0) is 20.7. The molecule has 1 aromatic heterocycles. The van der Waals surface area contributed by atoms with Gasteiger partial charge in [-0.2, -0.15) is 9.37 Å². The van der Waals surface area contributed by atoms with E-state index >= 15 is 0 Å². The van der Waals surface area contributed by atoms with Crippen molar-refractivity contribution in [3.8, 4) is 11.5 Å². The Labute approximate surface area is 172 Å². The summed E-state index contributed by atoms with van der Waals surface area (Å²) in [6.45, 7) is 0.324. The first-order chi connectivity index (χ1) is 14.7. The van der Waals surface area contributed by atoms with Gasteiger partial charge < -0.3 is 13.9 Å². The van der Waals surface area contributed by atoms with E-state index in [1.165, 1.54) is 11.2 Å². The van der Waals surface area contributed by atoms with Crippen LogP contribution in [-0.2, 0) is 17.9 Å². The van der Waals surface area contributed by atoms with Gasteiger partial charge in [-0.3, -0.25) is 0 Å². The maximum Gasteiger partial charge on any atom is 0.501 e. The van der Waals surface area contributed by atoms with Crippen molar-refractivity contribution >= 4 is 17.6 Å². The van der Waals surface area contributed by atoms with E-state index in [4.69, 9.17) is 13.9 Å². The standard InChI is InChI=1S/C23H19N2O5/c1-28-16-7-4-6-15(12-16)13-24-20-18-9-2-3-10-19(18)30-21(20)22(26)25(23(24)27)14-17-8-5-11-29-17/h2-12,21H,13-14H2,1H3/q+1. The van der Waals surface area contributed by atoms with Crippen molar-refractivity contribution in [3.05, 3.63) is 83.8 Å². The number of rotatable bonds is 5. The molecule has 0 aliphatic carbocycles. The highest BCUT2D eigenvalue weighted by atomic mass is 16.5. The Morgan fingerprint density at radius 3 is 2.73 bits per heavy atom. The average Bonchev–Trinajstić information content (AvgIpc) is 3.42. The lowest BCUT2D eigenvalue weighted by Gasteiger charge is -2.24. The second-order valence-corrected chi connectivity index (χ2v) is 7.10. The first-order valence-electron chi connectivity index (χ1n) is 9.57. The van der Waals surface area contributed by atoms with Gasteiger partial charge in [-0.25, -0.2) is 4.79 Å². The number of fused-ring (bicyclic) bond motifs is 3. The second kappa shape index (κ2) is 7.18. The molecule has 0 bridgehead atoms. The Morgan fingerprint density at radius 2 is 1.93 bits per heavy atom. The summed E-state index contributed by atoms with van der Waals surface area (Å²) in [5.41, 5.74) is 2.20. The van der Waals surface area contributed by atoms with Gasteiger partial charge in [0.1, 0.15) is 23.8 Å². The summed E-state index contributed by atoms with van der Waals surface area (Å²) in [4.78, 5) is 27.8. The van der Waals surface area contributed by atoms with E-state index in [1.54, 1.807) is 29.9 Å². The number of ether oxygens (including phenoxy) is 2. The molecule has 1 unspecified atom stereocenters. The number of carbonyl (C=O) groups excluding carboxylic acids is 2. The Hall–Kier alpha value is -3.87. The van der Waals surface area contributed by atoms with Gasteiger partial charge in [0.25, 0.3) is 6.10 Å².